The van der Waals surface area contributed by atoms with Gasteiger partial charge in [0.1, 0.15) is 17.1 Å². The molecule has 5 N–H and O–H groups in total. The summed E-state index contributed by atoms with van der Waals surface area (Å²) in [5, 5.41) is 15.8. The Morgan fingerprint density at radius 3 is 2.62 bits per heavy atom. The predicted octanol–water partition coefficient (Wildman–Crippen LogP) is 5.47. The van der Waals surface area contributed by atoms with Gasteiger partial charge in [0.2, 0.25) is 13.3 Å². The number of aryl methyl sites for hydroxylation is 1. The molecule has 246 valence electrons. The van der Waals surface area contributed by atoms with E-state index >= 15 is 0 Å². The molecule has 0 saturated heterocycles. The van der Waals surface area contributed by atoms with Crippen molar-refractivity contribution in [2.75, 3.05) is 45.9 Å². The Balaban J connectivity index is 1.04. The van der Waals surface area contributed by atoms with E-state index in [1.54, 1.807) is 13.3 Å². The van der Waals surface area contributed by atoms with Gasteiger partial charge in [0.25, 0.3) is 5.91 Å². The van der Waals surface area contributed by atoms with Gasteiger partial charge in [0.05, 0.1) is 25.5 Å². The van der Waals surface area contributed by atoms with Crippen LogP contribution in [0.4, 0.5) is 5.69 Å². The number of anilines is 1. The molecule has 3 aliphatic carbocycles. The summed E-state index contributed by atoms with van der Waals surface area (Å²) in [6.07, 6.45) is 7.59. The maximum absolute atomic E-state index is 12.6. The van der Waals surface area contributed by atoms with E-state index in [0.717, 1.165) is 38.5 Å². The summed E-state index contributed by atoms with van der Waals surface area (Å²) in [6, 6.07) is 9.30. The average molecular weight is 642 g/mol. The molecule has 2 aromatic carbocycles. The second-order valence-electron chi connectivity index (χ2n) is 13.4. The minimum absolute atomic E-state index is 0.00518. The van der Waals surface area contributed by atoms with E-state index in [2.05, 4.69) is 29.7 Å². The lowest BCUT2D eigenvalue weighted by Gasteiger charge is -2.50. The zero-order valence-corrected chi connectivity index (χ0v) is 27.8. The van der Waals surface area contributed by atoms with Crippen LogP contribution in [0.25, 0.3) is 0 Å². The van der Waals surface area contributed by atoms with Crippen LogP contribution in [0.15, 0.2) is 30.3 Å². The molecule has 10 nitrogen and oxygen atoms in total. The van der Waals surface area contributed by atoms with Gasteiger partial charge in [-0.1, -0.05) is 13.0 Å². The fourth-order valence-corrected chi connectivity index (χ4v) is 8.68. The highest BCUT2D eigenvalue weighted by Gasteiger charge is 2.55. The van der Waals surface area contributed by atoms with E-state index in [-0.39, 0.29) is 40.2 Å². The molecule has 45 heavy (non-hydrogen) atoms. The number of nitrogens with two attached hydrogens (primary N) is 1. The summed E-state index contributed by atoms with van der Waals surface area (Å²) < 4.78 is 29.4. The van der Waals surface area contributed by atoms with Gasteiger partial charge >= 0.3 is 0 Å². The maximum atomic E-state index is 12.6. The number of fused-ring (bicyclic) bond motifs is 5. The highest BCUT2D eigenvalue weighted by atomic mass is 31.2. The molecule has 5 atom stereocenters. The van der Waals surface area contributed by atoms with Crippen molar-refractivity contribution < 1.29 is 33.3 Å². The van der Waals surface area contributed by atoms with E-state index in [9.17, 15) is 19.3 Å². The molecule has 2 saturated carbocycles. The van der Waals surface area contributed by atoms with Crippen molar-refractivity contribution in [2.24, 2.45) is 17.3 Å². The number of carbonyl (C=O) groups is 2. The molecule has 3 aliphatic rings. The minimum atomic E-state index is -2.59. The number of hydrogen-bond donors (Lipinski definition) is 4. The fraction of sp³-hybridized carbons (Fsp3) is 0.588. The molecular weight excluding hydrogens is 593 g/mol. The van der Waals surface area contributed by atoms with Gasteiger partial charge in [0.15, 0.2) is 5.75 Å². The van der Waals surface area contributed by atoms with E-state index in [4.69, 9.17) is 19.7 Å². The molecule has 11 heteroatoms. The molecule has 5 rings (SSSR count). The number of methoxy groups -OCH3 is 1. The number of rotatable bonds is 12. The van der Waals surface area contributed by atoms with Crippen molar-refractivity contribution in [2.45, 2.75) is 70.3 Å². The minimum Gasteiger partial charge on any atom is -0.505 e. The van der Waals surface area contributed by atoms with E-state index in [1.807, 2.05) is 6.07 Å². The first kappa shape index (κ1) is 33.1. The molecule has 2 amide bonds. The molecule has 0 aromatic heterocycles. The van der Waals surface area contributed by atoms with Gasteiger partial charge < -0.3 is 35.5 Å². The van der Waals surface area contributed by atoms with Crippen molar-refractivity contribution in [3.05, 3.63) is 47.0 Å². The van der Waals surface area contributed by atoms with Crippen LogP contribution in [-0.2, 0) is 20.5 Å². The zero-order valence-electron chi connectivity index (χ0n) is 26.9. The van der Waals surface area contributed by atoms with Crippen LogP contribution in [0.3, 0.4) is 0 Å². The average Bonchev–Trinajstić information content (AvgIpc) is 3.33. The zero-order chi connectivity index (χ0) is 32.4. The number of aromatic hydroxyl groups is 1. The van der Waals surface area contributed by atoms with Crippen LogP contribution in [0.5, 0.6) is 17.2 Å². The van der Waals surface area contributed by atoms with Gasteiger partial charge in [-0.3, -0.25) is 14.2 Å². The largest absolute Gasteiger partial charge is 0.505 e. The molecule has 0 aliphatic heterocycles. The van der Waals surface area contributed by atoms with E-state index in [0.29, 0.717) is 56.0 Å². The first-order chi connectivity index (χ1) is 21.4. The number of hydrogen-bond acceptors (Lipinski definition) is 8. The lowest BCUT2D eigenvalue weighted by Crippen LogP contribution is -2.45. The Morgan fingerprint density at radius 1 is 1.09 bits per heavy atom. The Kier molecular flexibility index (Phi) is 10.0. The Morgan fingerprint density at radius 2 is 1.87 bits per heavy atom. The molecule has 0 spiro atoms. The third kappa shape index (κ3) is 7.28. The lowest BCUT2D eigenvalue weighted by atomic mass is 9.55. The number of ether oxygens (including phenoxy) is 2. The van der Waals surface area contributed by atoms with Crippen molar-refractivity contribution >= 4 is 24.9 Å². The predicted molar refractivity (Wildman–Crippen MR) is 175 cm³/mol. The third-order valence-corrected chi connectivity index (χ3v) is 10.8. The first-order valence-electron chi connectivity index (χ1n) is 16.1. The number of carbonyl (C=O) groups excluding carboxylic acids is 2. The second kappa shape index (κ2) is 13.6. The number of nitrogens with one attached hydrogen (secondary N) is 2. The fourth-order valence-electron chi connectivity index (χ4n) is 8.06. The molecular formula is C34H48N3O7P. The molecule has 0 radical (unpaired) electrons. The quantitative estimate of drug-likeness (QED) is 0.103. The van der Waals surface area contributed by atoms with Crippen LogP contribution >= 0.6 is 7.37 Å². The highest BCUT2D eigenvalue weighted by Crippen LogP contribution is 2.61. The summed E-state index contributed by atoms with van der Waals surface area (Å²) in [6.45, 7) is 6.81. The van der Waals surface area contributed by atoms with Crippen molar-refractivity contribution in [1.29, 1.82) is 0 Å². The highest BCUT2D eigenvalue weighted by molar-refractivity contribution is 7.57. The van der Waals surface area contributed by atoms with Gasteiger partial charge in [-0.2, -0.15) is 0 Å². The number of phenols is 1. The van der Waals surface area contributed by atoms with Gasteiger partial charge in [-0.25, -0.2) is 0 Å². The maximum Gasteiger partial charge on any atom is 0.258 e. The van der Waals surface area contributed by atoms with E-state index in [1.165, 1.54) is 30.4 Å². The van der Waals surface area contributed by atoms with Gasteiger partial charge in [-0.05, 0) is 104 Å². The van der Waals surface area contributed by atoms with Crippen LogP contribution in [0.2, 0.25) is 0 Å². The number of phenolic OH excluding ortho intramolecular Hbond substituents is 1. The summed E-state index contributed by atoms with van der Waals surface area (Å²) in [7, 11) is -1.18. The van der Waals surface area contributed by atoms with Crippen LogP contribution < -0.4 is 25.6 Å². The van der Waals surface area contributed by atoms with Crippen LogP contribution in [0, 0.1) is 17.3 Å². The smallest absolute Gasteiger partial charge is 0.258 e. The van der Waals surface area contributed by atoms with Crippen molar-refractivity contribution in [1.82, 2.24) is 10.6 Å². The topological polar surface area (TPSA) is 149 Å². The number of nitrogen functional groups attached to an aromatic ring is 1. The summed E-state index contributed by atoms with van der Waals surface area (Å²) in [5.41, 5.74) is 8.70. The van der Waals surface area contributed by atoms with Gasteiger partial charge in [0, 0.05) is 32.8 Å². The van der Waals surface area contributed by atoms with Crippen LogP contribution in [0.1, 0.15) is 79.3 Å². The molecule has 2 aromatic rings. The summed E-state index contributed by atoms with van der Waals surface area (Å²) >= 11 is 0. The Bertz CT molecular complexity index is 1460. The van der Waals surface area contributed by atoms with Crippen molar-refractivity contribution in [3.63, 3.8) is 0 Å². The SMILES string of the molecule is COc1ccc(N)c(O)c1C(=O)NCCCNC(=O)CCOC1CCC2C3CCc4cc(OP(C)(C)=O)ccc4C3CCC12C. The van der Waals surface area contributed by atoms with Crippen LogP contribution in [-0.4, -0.2) is 63.2 Å². The molecule has 2 fully saturated rings. The second-order valence-corrected chi connectivity index (χ2v) is 16.1. The monoisotopic (exact) mass is 641 g/mol. The number of amides is 2. The standard InChI is InChI=1S/C34H48N3O7P/c1-34-16-14-24-23-9-7-22(44-45(3,4)41)20-21(23)6-8-25(24)26(34)10-13-29(34)43-19-15-30(38)36-17-5-18-37-33(40)31-28(42-2)12-11-27(35)32(31)39/h7,9,11-12,20,24-26,29,39H,5-6,8,10,13-19,35H2,1-4H3,(H,36,38)(H,37,40). The normalized spacial score (nSPS) is 25.4. The summed E-state index contributed by atoms with van der Waals surface area (Å²) in [4.78, 5) is 25.1. The lowest BCUT2D eigenvalue weighted by molar-refractivity contribution is -0.124. The van der Waals surface area contributed by atoms with Crippen molar-refractivity contribution in [3.8, 4) is 17.2 Å². The summed E-state index contributed by atoms with van der Waals surface area (Å²) in [5.74, 6) is 1.85. The molecule has 0 bridgehead atoms. The van der Waals surface area contributed by atoms with E-state index < -0.39 is 13.3 Å². The molecule has 5 unspecified atom stereocenters. The Hall–Kier alpha value is -3.23. The number of benzene rings is 2. The van der Waals surface area contributed by atoms with Gasteiger partial charge in [-0.15, -0.1) is 0 Å². The third-order valence-electron chi connectivity index (χ3n) is 10.2. The Labute approximate surface area is 266 Å². The molecule has 0 heterocycles. The first-order valence-corrected chi connectivity index (χ1v) is 18.6.